The Labute approximate surface area is 93.5 Å². The Hall–Kier alpha value is -0.520. The van der Waals surface area contributed by atoms with Gasteiger partial charge in [-0.3, -0.25) is 0 Å². The highest BCUT2D eigenvalue weighted by atomic mass is 14.6. The summed E-state index contributed by atoms with van der Waals surface area (Å²) in [6, 6.07) is 0. The van der Waals surface area contributed by atoms with Crippen LogP contribution < -0.4 is 0 Å². The molecular weight excluding hydrogens is 180 g/mol. The molecular formula is C15H22. The summed E-state index contributed by atoms with van der Waals surface area (Å²) in [5, 5.41) is 0. The van der Waals surface area contributed by atoms with Gasteiger partial charge in [0.1, 0.15) is 0 Å². The summed E-state index contributed by atoms with van der Waals surface area (Å²) in [6.07, 6.45) is 11.6. The molecule has 3 aliphatic rings. The van der Waals surface area contributed by atoms with Crippen molar-refractivity contribution in [2.75, 3.05) is 0 Å². The quantitative estimate of drug-likeness (QED) is 0.513. The molecule has 0 unspecified atom stereocenters. The van der Waals surface area contributed by atoms with Crippen LogP contribution in [-0.4, -0.2) is 0 Å². The molecule has 0 radical (unpaired) electrons. The third kappa shape index (κ3) is 0.898. The predicted octanol–water partition coefficient (Wildman–Crippen LogP) is 4.34. The first kappa shape index (κ1) is 9.69. The lowest BCUT2D eigenvalue weighted by Gasteiger charge is -2.48. The Morgan fingerprint density at radius 3 is 2.60 bits per heavy atom. The van der Waals surface area contributed by atoms with E-state index in [4.69, 9.17) is 0 Å². The number of allylic oxidation sites excluding steroid dienone is 4. The van der Waals surface area contributed by atoms with Crippen LogP contribution in [0.3, 0.4) is 0 Å². The summed E-state index contributed by atoms with van der Waals surface area (Å²) >= 11 is 0. The van der Waals surface area contributed by atoms with Crippen molar-refractivity contribution in [2.24, 2.45) is 22.2 Å². The van der Waals surface area contributed by atoms with Crippen LogP contribution in [0.2, 0.25) is 0 Å². The van der Waals surface area contributed by atoms with E-state index in [1.165, 1.54) is 19.3 Å². The molecule has 3 aliphatic carbocycles. The zero-order chi connectivity index (χ0) is 10.9. The minimum absolute atomic E-state index is 0.416. The fourth-order valence-electron chi connectivity index (χ4n) is 4.35. The normalized spacial score (nSPS) is 44.0. The van der Waals surface area contributed by atoms with Gasteiger partial charge in [0.2, 0.25) is 0 Å². The molecule has 0 aromatic heterocycles. The largest absolute Gasteiger partial charge is 0.0838 e. The molecule has 2 bridgehead atoms. The first-order valence-electron chi connectivity index (χ1n) is 6.31. The summed E-state index contributed by atoms with van der Waals surface area (Å²) in [5.74, 6) is 0.793. The summed E-state index contributed by atoms with van der Waals surface area (Å²) < 4.78 is 0. The first-order valence-corrected chi connectivity index (χ1v) is 6.31. The molecule has 0 aromatic rings. The lowest BCUT2D eigenvalue weighted by atomic mass is 9.55. The lowest BCUT2D eigenvalue weighted by molar-refractivity contribution is 0.145. The van der Waals surface area contributed by atoms with Gasteiger partial charge in [0.15, 0.2) is 0 Å². The second-order valence-corrected chi connectivity index (χ2v) is 6.90. The van der Waals surface area contributed by atoms with Crippen molar-refractivity contribution >= 4 is 0 Å². The molecule has 0 aromatic carbocycles. The molecule has 3 rings (SSSR count). The zero-order valence-electron chi connectivity index (χ0n) is 10.4. The minimum atomic E-state index is 0.416. The van der Waals surface area contributed by atoms with Gasteiger partial charge in [0, 0.05) is 5.41 Å². The van der Waals surface area contributed by atoms with Crippen molar-refractivity contribution < 1.29 is 0 Å². The highest BCUT2D eigenvalue weighted by molar-refractivity contribution is 5.44. The number of hydrogen-bond donors (Lipinski definition) is 0. The van der Waals surface area contributed by atoms with Crippen LogP contribution in [0.15, 0.2) is 23.8 Å². The molecule has 15 heavy (non-hydrogen) atoms. The average Bonchev–Trinajstić information content (AvgIpc) is 2.63. The van der Waals surface area contributed by atoms with Crippen molar-refractivity contribution in [3.63, 3.8) is 0 Å². The molecule has 1 fully saturated rings. The summed E-state index contributed by atoms with van der Waals surface area (Å²) in [7, 11) is 0. The fourth-order valence-corrected chi connectivity index (χ4v) is 4.35. The third-order valence-electron chi connectivity index (χ3n) is 5.58. The predicted molar refractivity (Wildman–Crippen MR) is 64.6 cm³/mol. The average molecular weight is 202 g/mol. The standard InChI is InChI=1S/C15H22/c1-13(2)8-5-6-12-14(3,4)11-7-9-15(12,13)10-11/h6-7,9,11H,5,8,10H2,1-4H3/t11-,15-/m0/s1. The van der Waals surface area contributed by atoms with E-state index >= 15 is 0 Å². The molecule has 0 heterocycles. The van der Waals surface area contributed by atoms with Crippen molar-refractivity contribution in [1.82, 2.24) is 0 Å². The van der Waals surface area contributed by atoms with Crippen LogP contribution in [0.1, 0.15) is 47.0 Å². The van der Waals surface area contributed by atoms with Gasteiger partial charge in [0.25, 0.3) is 0 Å². The van der Waals surface area contributed by atoms with E-state index in [1.54, 1.807) is 5.57 Å². The van der Waals surface area contributed by atoms with Gasteiger partial charge in [-0.25, -0.2) is 0 Å². The van der Waals surface area contributed by atoms with E-state index < -0.39 is 0 Å². The monoisotopic (exact) mass is 202 g/mol. The molecule has 1 saturated carbocycles. The molecule has 0 aliphatic heterocycles. The van der Waals surface area contributed by atoms with Gasteiger partial charge in [-0.1, -0.05) is 51.5 Å². The molecule has 0 heteroatoms. The van der Waals surface area contributed by atoms with E-state index in [0.29, 0.717) is 16.2 Å². The van der Waals surface area contributed by atoms with Gasteiger partial charge in [-0.15, -0.1) is 0 Å². The Morgan fingerprint density at radius 2 is 1.93 bits per heavy atom. The van der Waals surface area contributed by atoms with Crippen molar-refractivity contribution in [2.45, 2.75) is 47.0 Å². The van der Waals surface area contributed by atoms with Gasteiger partial charge >= 0.3 is 0 Å². The van der Waals surface area contributed by atoms with Crippen LogP contribution >= 0.6 is 0 Å². The topological polar surface area (TPSA) is 0 Å². The van der Waals surface area contributed by atoms with E-state index in [9.17, 15) is 0 Å². The maximum absolute atomic E-state index is 2.55. The Kier molecular flexibility index (Phi) is 1.56. The number of fused-ring (bicyclic) bond motifs is 1. The number of hydrogen-bond acceptors (Lipinski definition) is 0. The summed E-state index contributed by atoms with van der Waals surface area (Å²) in [5.41, 5.74) is 3.06. The highest BCUT2D eigenvalue weighted by Gasteiger charge is 2.61. The van der Waals surface area contributed by atoms with Gasteiger partial charge in [-0.2, -0.15) is 0 Å². The molecule has 0 nitrogen and oxygen atoms in total. The van der Waals surface area contributed by atoms with Crippen molar-refractivity contribution in [3.8, 4) is 0 Å². The van der Waals surface area contributed by atoms with E-state index in [2.05, 4.69) is 45.9 Å². The molecule has 0 saturated heterocycles. The minimum Gasteiger partial charge on any atom is -0.0838 e. The Balaban J connectivity index is 2.22. The Morgan fingerprint density at radius 1 is 1.20 bits per heavy atom. The van der Waals surface area contributed by atoms with E-state index in [0.717, 1.165) is 5.92 Å². The first-order chi connectivity index (χ1) is 6.90. The molecule has 0 N–H and O–H groups in total. The van der Waals surface area contributed by atoms with Crippen LogP contribution in [0.5, 0.6) is 0 Å². The molecule has 0 amide bonds. The molecule has 1 spiro atoms. The van der Waals surface area contributed by atoms with Crippen LogP contribution in [0.25, 0.3) is 0 Å². The van der Waals surface area contributed by atoms with E-state index in [-0.39, 0.29) is 0 Å². The number of rotatable bonds is 0. The smallest absolute Gasteiger partial charge is 0.0153 e. The highest BCUT2D eigenvalue weighted by Crippen LogP contribution is 2.70. The van der Waals surface area contributed by atoms with Gasteiger partial charge in [0.05, 0.1) is 0 Å². The third-order valence-corrected chi connectivity index (χ3v) is 5.58. The Bertz CT molecular complexity index is 367. The van der Waals surface area contributed by atoms with Crippen LogP contribution in [0.4, 0.5) is 0 Å². The second-order valence-electron chi connectivity index (χ2n) is 6.90. The zero-order valence-corrected chi connectivity index (χ0v) is 10.4. The summed E-state index contributed by atoms with van der Waals surface area (Å²) in [6.45, 7) is 9.81. The molecule has 2 atom stereocenters. The van der Waals surface area contributed by atoms with Gasteiger partial charge < -0.3 is 0 Å². The molecule has 82 valence electrons. The van der Waals surface area contributed by atoms with Crippen LogP contribution in [-0.2, 0) is 0 Å². The van der Waals surface area contributed by atoms with Crippen LogP contribution in [0, 0.1) is 22.2 Å². The van der Waals surface area contributed by atoms with Gasteiger partial charge in [-0.05, 0) is 36.0 Å². The maximum atomic E-state index is 2.55. The lowest BCUT2D eigenvalue weighted by Crippen LogP contribution is -2.39. The maximum Gasteiger partial charge on any atom is 0.0153 e. The summed E-state index contributed by atoms with van der Waals surface area (Å²) in [4.78, 5) is 0. The van der Waals surface area contributed by atoms with Crippen molar-refractivity contribution in [3.05, 3.63) is 23.8 Å². The van der Waals surface area contributed by atoms with E-state index in [1.807, 2.05) is 0 Å². The second kappa shape index (κ2) is 2.42. The fraction of sp³-hybridized carbons (Fsp3) is 0.733. The SMILES string of the molecule is CC1(C)C2=CCCC(C)(C)[C@]23C=C[C@H]1C3. The van der Waals surface area contributed by atoms with Crippen molar-refractivity contribution in [1.29, 1.82) is 0 Å².